The van der Waals surface area contributed by atoms with Gasteiger partial charge < -0.3 is 10.1 Å². The minimum atomic E-state index is -0.197. The van der Waals surface area contributed by atoms with Crippen molar-refractivity contribution >= 4 is 0 Å². The smallest absolute Gasteiger partial charge is 0.123 e. The number of nitrogens with one attached hydrogen (secondary N) is 1. The predicted octanol–water partition coefficient (Wildman–Crippen LogP) is 2.66. The molecule has 1 aliphatic rings. The number of hydrogen-bond acceptors (Lipinski definition) is 2. The second kappa shape index (κ2) is 5.41. The number of hydrogen-bond donors (Lipinski definition) is 1. The largest absolute Gasteiger partial charge is 0.372 e. The third-order valence-electron chi connectivity index (χ3n) is 3.09. The van der Waals surface area contributed by atoms with Crippen molar-refractivity contribution in [3.05, 3.63) is 35.6 Å². The monoisotopic (exact) mass is 223 g/mol. The number of halogens is 1. The first-order valence-corrected chi connectivity index (χ1v) is 5.90. The molecular weight excluding hydrogens is 205 g/mol. The standard InChI is InChI=1S/C13H18FNO/c1-2-12-6-7-16-13(9-15-12)10-4-3-5-11(14)8-10/h3-5,8,12-13,15H,2,6-7,9H2,1H3. The summed E-state index contributed by atoms with van der Waals surface area (Å²) < 4.78 is 18.8. The van der Waals surface area contributed by atoms with E-state index in [1.807, 2.05) is 6.07 Å². The van der Waals surface area contributed by atoms with Gasteiger partial charge in [0.05, 0.1) is 6.10 Å². The van der Waals surface area contributed by atoms with Gasteiger partial charge in [-0.25, -0.2) is 4.39 Å². The van der Waals surface area contributed by atoms with Gasteiger partial charge in [0.25, 0.3) is 0 Å². The van der Waals surface area contributed by atoms with Crippen LogP contribution in [0.3, 0.4) is 0 Å². The van der Waals surface area contributed by atoms with E-state index in [4.69, 9.17) is 4.74 Å². The van der Waals surface area contributed by atoms with Gasteiger partial charge in [0.15, 0.2) is 0 Å². The van der Waals surface area contributed by atoms with E-state index in [0.29, 0.717) is 6.04 Å². The van der Waals surface area contributed by atoms with E-state index in [1.165, 1.54) is 6.07 Å². The minimum absolute atomic E-state index is 0.0211. The minimum Gasteiger partial charge on any atom is -0.372 e. The molecule has 88 valence electrons. The molecule has 0 bridgehead atoms. The lowest BCUT2D eigenvalue weighted by Crippen LogP contribution is -2.29. The maximum atomic E-state index is 13.1. The number of ether oxygens (including phenoxy) is 1. The second-order valence-corrected chi connectivity index (χ2v) is 4.22. The first-order chi connectivity index (χ1) is 7.79. The lowest BCUT2D eigenvalue weighted by Gasteiger charge is -2.16. The van der Waals surface area contributed by atoms with E-state index in [0.717, 1.165) is 31.6 Å². The summed E-state index contributed by atoms with van der Waals surface area (Å²) in [5.41, 5.74) is 0.921. The van der Waals surface area contributed by atoms with Gasteiger partial charge in [0.2, 0.25) is 0 Å². The maximum Gasteiger partial charge on any atom is 0.123 e. The molecule has 1 aromatic carbocycles. The van der Waals surface area contributed by atoms with Crippen molar-refractivity contribution in [2.75, 3.05) is 13.2 Å². The molecule has 0 aliphatic carbocycles. The highest BCUT2D eigenvalue weighted by Crippen LogP contribution is 2.20. The summed E-state index contributed by atoms with van der Waals surface area (Å²) in [6, 6.07) is 7.19. The lowest BCUT2D eigenvalue weighted by molar-refractivity contribution is 0.0661. The normalized spacial score (nSPS) is 26.4. The number of benzene rings is 1. The Hall–Kier alpha value is -0.930. The van der Waals surface area contributed by atoms with Crippen LogP contribution in [-0.4, -0.2) is 19.2 Å². The van der Waals surface area contributed by atoms with Gasteiger partial charge in [-0.3, -0.25) is 0 Å². The molecule has 0 aromatic heterocycles. The van der Waals surface area contributed by atoms with Crippen LogP contribution in [0.25, 0.3) is 0 Å². The molecule has 2 rings (SSSR count). The van der Waals surface area contributed by atoms with Crippen LogP contribution in [0.1, 0.15) is 31.4 Å². The molecule has 1 saturated heterocycles. The molecule has 0 amide bonds. The average molecular weight is 223 g/mol. The van der Waals surface area contributed by atoms with Crippen LogP contribution in [-0.2, 0) is 4.74 Å². The molecule has 0 radical (unpaired) electrons. The van der Waals surface area contributed by atoms with Gasteiger partial charge in [0, 0.05) is 19.2 Å². The highest BCUT2D eigenvalue weighted by Gasteiger charge is 2.18. The summed E-state index contributed by atoms with van der Waals surface area (Å²) in [5, 5.41) is 3.45. The Morgan fingerprint density at radius 1 is 1.50 bits per heavy atom. The zero-order valence-electron chi connectivity index (χ0n) is 9.58. The Kier molecular flexibility index (Phi) is 3.91. The molecule has 16 heavy (non-hydrogen) atoms. The van der Waals surface area contributed by atoms with Crippen LogP contribution >= 0.6 is 0 Å². The van der Waals surface area contributed by atoms with Crippen LogP contribution in [0.15, 0.2) is 24.3 Å². The molecule has 1 aromatic rings. The first-order valence-electron chi connectivity index (χ1n) is 5.90. The molecule has 2 nitrogen and oxygen atoms in total. The van der Waals surface area contributed by atoms with Crippen molar-refractivity contribution < 1.29 is 9.13 Å². The molecule has 2 atom stereocenters. The summed E-state index contributed by atoms with van der Waals surface area (Å²) in [4.78, 5) is 0. The fourth-order valence-corrected chi connectivity index (χ4v) is 2.06. The molecular formula is C13H18FNO. The van der Waals surface area contributed by atoms with E-state index >= 15 is 0 Å². The van der Waals surface area contributed by atoms with Gasteiger partial charge >= 0.3 is 0 Å². The van der Waals surface area contributed by atoms with E-state index in [9.17, 15) is 4.39 Å². The highest BCUT2D eigenvalue weighted by atomic mass is 19.1. The Morgan fingerprint density at radius 3 is 3.12 bits per heavy atom. The molecule has 1 aliphatic heterocycles. The van der Waals surface area contributed by atoms with E-state index in [1.54, 1.807) is 12.1 Å². The third-order valence-corrected chi connectivity index (χ3v) is 3.09. The van der Waals surface area contributed by atoms with Gasteiger partial charge in [-0.1, -0.05) is 19.1 Å². The van der Waals surface area contributed by atoms with Crippen molar-refractivity contribution in [2.24, 2.45) is 0 Å². The van der Waals surface area contributed by atoms with Crippen LogP contribution in [0.4, 0.5) is 4.39 Å². The highest BCUT2D eigenvalue weighted by molar-refractivity contribution is 5.19. The van der Waals surface area contributed by atoms with Crippen LogP contribution in [0.2, 0.25) is 0 Å². The third kappa shape index (κ3) is 2.80. The Labute approximate surface area is 95.8 Å². The SMILES string of the molecule is CCC1CCOC(c2cccc(F)c2)CN1. The van der Waals surface area contributed by atoms with Crippen molar-refractivity contribution in [2.45, 2.75) is 31.9 Å². The summed E-state index contributed by atoms with van der Waals surface area (Å²) in [6.45, 7) is 3.68. The Bertz CT molecular complexity index is 342. The maximum absolute atomic E-state index is 13.1. The molecule has 1 N–H and O–H groups in total. The molecule has 3 heteroatoms. The molecule has 1 heterocycles. The topological polar surface area (TPSA) is 21.3 Å². The van der Waals surface area contributed by atoms with Gasteiger partial charge in [-0.05, 0) is 30.5 Å². The average Bonchev–Trinajstić information content (AvgIpc) is 2.54. The number of rotatable bonds is 2. The molecule has 2 unspecified atom stereocenters. The van der Waals surface area contributed by atoms with Crippen molar-refractivity contribution in [3.63, 3.8) is 0 Å². The van der Waals surface area contributed by atoms with Crippen LogP contribution < -0.4 is 5.32 Å². The van der Waals surface area contributed by atoms with E-state index in [2.05, 4.69) is 12.2 Å². The van der Waals surface area contributed by atoms with Crippen LogP contribution in [0.5, 0.6) is 0 Å². The van der Waals surface area contributed by atoms with Crippen molar-refractivity contribution in [1.82, 2.24) is 5.32 Å². The Balaban J connectivity index is 2.04. The van der Waals surface area contributed by atoms with Crippen molar-refractivity contribution in [3.8, 4) is 0 Å². The van der Waals surface area contributed by atoms with Gasteiger partial charge in [-0.2, -0.15) is 0 Å². The fourth-order valence-electron chi connectivity index (χ4n) is 2.06. The summed E-state index contributed by atoms with van der Waals surface area (Å²) in [6.07, 6.45) is 2.12. The zero-order chi connectivity index (χ0) is 11.4. The zero-order valence-corrected chi connectivity index (χ0v) is 9.58. The van der Waals surface area contributed by atoms with E-state index in [-0.39, 0.29) is 11.9 Å². The quantitative estimate of drug-likeness (QED) is 0.832. The lowest BCUT2D eigenvalue weighted by atomic mass is 10.1. The van der Waals surface area contributed by atoms with E-state index < -0.39 is 0 Å². The summed E-state index contributed by atoms with van der Waals surface area (Å²) in [7, 11) is 0. The molecule has 0 spiro atoms. The first kappa shape index (κ1) is 11.6. The second-order valence-electron chi connectivity index (χ2n) is 4.22. The van der Waals surface area contributed by atoms with Crippen molar-refractivity contribution in [1.29, 1.82) is 0 Å². The molecule has 0 saturated carbocycles. The van der Waals surface area contributed by atoms with Gasteiger partial charge in [-0.15, -0.1) is 0 Å². The summed E-state index contributed by atoms with van der Waals surface area (Å²) >= 11 is 0. The summed E-state index contributed by atoms with van der Waals surface area (Å²) in [5.74, 6) is -0.197. The fraction of sp³-hybridized carbons (Fsp3) is 0.538. The predicted molar refractivity (Wildman–Crippen MR) is 61.8 cm³/mol. The van der Waals surface area contributed by atoms with Gasteiger partial charge in [0.1, 0.15) is 5.82 Å². The molecule has 1 fully saturated rings. The Morgan fingerprint density at radius 2 is 2.38 bits per heavy atom. The van der Waals surface area contributed by atoms with Crippen LogP contribution in [0, 0.1) is 5.82 Å².